The van der Waals surface area contributed by atoms with Crippen molar-refractivity contribution >= 4 is 10.8 Å². The standard InChI is InChI=1S/C17H23N/c1-14-11-12-15(8-4-3-7-13-18-2)17-10-6-5-9-16(14)17/h5-6,9-12,18H,3-4,7-8,13H2,1-2H3. The van der Waals surface area contributed by atoms with Crippen LogP contribution in [0.4, 0.5) is 0 Å². The molecule has 0 aliphatic rings. The van der Waals surface area contributed by atoms with Crippen molar-refractivity contribution in [3.05, 3.63) is 47.5 Å². The first-order valence-corrected chi connectivity index (χ1v) is 6.95. The van der Waals surface area contributed by atoms with Gasteiger partial charge in [0.25, 0.3) is 0 Å². The van der Waals surface area contributed by atoms with Crippen LogP contribution in [0, 0.1) is 6.92 Å². The van der Waals surface area contributed by atoms with Crippen LogP contribution in [0.2, 0.25) is 0 Å². The molecule has 0 unspecified atom stereocenters. The van der Waals surface area contributed by atoms with Gasteiger partial charge in [0.05, 0.1) is 0 Å². The highest BCUT2D eigenvalue weighted by molar-refractivity contribution is 5.88. The summed E-state index contributed by atoms with van der Waals surface area (Å²) in [6.07, 6.45) is 5.07. The average Bonchev–Trinajstić information content (AvgIpc) is 2.41. The maximum Gasteiger partial charge on any atom is -0.00519 e. The number of aryl methyl sites for hydroxylation is 2. The molecule has 2 aromatic carbocycles. The third-order valence-electron chi connectivity index (χ3n) is 3.61. The predicted molar refractivity (Wildman–Crippen MR) is 80.2 cm³/mol. The van der Waals surface area contributed by atoms with Crippen LogP contribution in [0.25, 0.3) is 10.8 Å². The van der Waals surface area contributed by atoms with E-state index in [1.165, 1.54) is 47.6 Å². The predicted octanol–water partition coefficient (Wildman–Crippen LogP) is 4.08. The average molecular weight is 241 g/mol. The van der Waals surface area contributed by atoms with Crippen LogP contribution in [0.15, 0.2) is 36.4 Å². The summed E-state index contributed by atoms with van der Waals surface area (Å²) < 4.78 is 0. The summed E-state index contributed by atoms with van der Waals surface area (Å²) in [4.78, 5) is 0. The van der Waals surface area contributed by atoms with E-state index in [-0.39, 0.29) is 0 Å². The zero-order chi connectivity index (χ0) is 12.8. The van der Waals surface area contributed by atoms with E-state index in [0.717, 1.165) is 6.54 Å². The number of unbranched alkanes of at least 4 members (excludes halogenated alkanes) is 2. The molecule has 1 nitrogen and oxygen atoms in total. The summed E-state index contributed by atoms with van der Waals surface area (Å²) in [5, 5.41) is 6.05. The minimum Gasteiger partial charge on any atom is -0.320 e. The van der Waals surface area contributed by atoms with Gasteiger partial charge in [-0.3, -0.25) is 0 Å². The Hall–Kier alpha value is -1.34. The molecular weight excluding hydrogens is 218 g/mol. The van der Waals surface area contributed by atoms with Gasteiger partial charge in [-0.15, -0.1) is 0 Å². The Morgan fingerprint density at radius 1 is 0.889 bits per heavy atom. The Kier molecular flexibility index (Phi) is 4.77. The lowest BCUT2D eigenvalue weighted by molar-refractivity contribution is 0.643. The van der Waals surface area contributed by atoms with Crippen molar-refractivity contribution in [1.82, 2.24) is 5.32 Å². The highest BCUT2D eigenvalue weighted by Crippen LogP contribution is 2.23. The van der Waals surface area contributed by atoms with E-state index in [9.17, 15) is 0 Å². The van der Waals surface area contributed by atoms with Gasteiger partial charge in [-0.1, -0.05) is 42.8 Å². The topological polar surface area (TPSA) is 12.0 Å². The molecule has 96 valence electrons. The number of rotatable bonds is 6. The molecule has 0 saturated carbocycles. The van der Waals surface area contributed by atoms with Gasteiger partial charge in [0.1, 0.15) is 0 Å². The third-order valence-corrected chi connectivity index (χ3v) is 3.61. The molecule has 1 N–H and O–H groups in total. The maximum absolute atomic E-state index is 3.20. The van der Waals surface area contributed by atoms with Gasteiger partial charge in [-0.25, -0.2) is 0 Å². The summed E-state index contributed by atoms with van der Waals surface area (Å²) in [6, 6.07) is 13.3. The van der Waals surface area contributed by atoms with Crippen molar-refractivity contribution in [2.24, 2.45) is 0 Å². The lowest BCUT2D eigenvalue weighted by Gasteiger charge is -2.09. The number of fused-ring (bicyclic) bond motifs is 1. The molecule has 1 heteroatoms. The molecule has 0 heterocycles. The molecule has 0 spiro atoms. The quantitative estimate of drug-likeness (QED) is 0.751. The highest BCUT2D eigenvalue weighted by Gasteiger charge is 2.02. The van der Waals surface area contributed by atoms with E-state index in [1.807, 2.05) is 7.05 Å². The minimum absolute atomic E-state index is 1.13. The molecule has 18 heavy (non-hydrogen) atoms. The lowest BCUT2D eigenvalue weighted by Crippen LogP contribution is -2.07. The molecule has 0 atom stereocenters. The van der Waals surface area contributed by atoms with Gasteiger partial charge in [0.15, 0.2) is 0 Å². The van der Waals surface area contributed by atoms with E-state index < -0.39 is 0 Å². The number of benzene rings is 2. The fraction of sp³-hybridized carbons (Fsp3) is 0.412. The van der Waals surface area contributed by atoms with E-state index in [4.69, 9.17) is 0 Å². The van der Waals surface area contributed by atoms with Gasteiger partial charge >= 0.3 is 0 Å². The summed E-state index contributed by atoms with van der Waals surface area (Å²) in [5.41, 5.74) is 2.88. The van der Waals surface area contributed by atoms with E-state index in [0.29, 0.717) is 0 Å². The van der Waals surface area contributed by atoms with Crippen molar-refractivity contribution in [1.29, 1.82) is 0 Å². The first kappa shape index (κ1) is 13.1. The third kappa shape index (κ3) is 3.11. The Morgan fingerprint density at radius 3 is 2.44 bits per heavy atom. The fourth-order valence-corrected chi connectivity index (χ4v) is 2.52. The molecule has 0 radical (unpaired) electrons. The zero-order valence-corrected chi connectivity index (χ0v) is 11.5. The maximum atomic E-state index is 3.20. The van der Waals surface area contributed by atoms with Crippen LogP contribution in [0.1, 0.15) is 30.4 Å². The number of hydrogen-bond donors (Lipinski definition) is 1. The van der Waals surface area contributed by atoms with Crippen LogP contribution in [0.5, 0.6) is 0 Å². The Labute approximate surface area is 110 Å². The van der Waals surface area contributed by atoms with Crippen molar-refractivity contribution < 1.29 is 0 Å². The second kappa shape index (κ2) is 6.55. The van der Waals surface area contributed by atoms with Crippen LogP contribution in [-0.4, -0.2) is 13.6 Å². The van der Waals surface area contributed by atoms with E-state index in [2.05, 4.69) is 48.6 Å². The van der Waals surface area contributed by atoms with Gasteiger partial charge < -0.3 is 5.32 Å². The molecule has 0 amide bonds. The first-order valence-electron chi connectivity index (χ1n) is 6.95. The van der Waals surface area contributed by atoms with Gasteiger partial charge in [0.2, 0.25) is 0 Å². The summed E-state index contributed by atoms with van der Waals surface area (Å²) >= 11 is 0. The summed E-state index contributed by atoms with van der Waals surface area (Å²) in [7, 11) is 2.02. The van der Waals surface area contributed by atoms with Crippen LogP contribution < -0.4 is 5.32 Å². The van der Waals surface area contributed by atoms with E-state index in [1.54, 1.807) is 0 Å². The monoisotopic (exact) mass is 241 g/mol. The largest absolute Gasteiger partial charge is 0.320 e. The van der Waals surface area contributed by atoms with Crippen molar-refractivity contribution in [2.75, 3.05) is 13.6 Å². The molecule has 0 bridgehead atoms. The van der Waals surface area contributed by atoms with E-state index >= 15 is 0 Å². The van der Waals surface area contributed by atoms with Crippen LogP contribution in [0.3, 0.4) is 0 Å². The minimum atomic E-state index is 1.13. The molecule has 2 aromatic rings. The van der Waals surface area contributed by atoms with Gasteiger partial charge in [0, 0.05) is 0 Å². The summed E-state index contributed by atoms with van der Waals surface area (Å²) in [5.74, 6) is 0. The Balaban J connectivity index is 2.07. The molecule has 0 aliphatic heterocycles. The Bertz CT molecular complexity index is 502. The number of hydrogen-bond acceptors (Lipinski definition) is 1. The fourth-order valence-electron chi connectivity index (χ4n) is 2.52. The molecule has 0 saturated heterocycles. The van der Waals surface area contributed by atoms with Gasteiger partial charge in [-0.2, -0.15) is 0 Å². The van der Waals surface area contributed by atoms with Crippen molar-refractivity contribution in [3.63, 3.8) is 0 Å². The van der Waals surface area contributed by atoms with Crippen LogP contribution in [-0.2, 0) is 6.42 Å². The molecule has 0 fully saturated rings. The lowest BCUT2D eigenvalue weighted by atomic mass is 9.97. The summed E-state index contributed by atoms with van der Waals surface area (Å²) in [6.45, 7) is 3.33. The second-order valence-electron chi connectivity index (χ2n) is 5.00. The molecule has 2 rings (SSSR count). The molecule has 0 aromatic heterocycles. The van der Waals surface area contributed by atoms with Crippen molar-refractivity contribution in [2.45, 2.75) is 32.6 Å². The second-order valence-corrected chi connectivity index (χ2v) is 5.00. The van der Waals surface area contributed by atoms with Crippen LogP contribution >= 0.6 is 0 Å². The highest BCUT2D eigenvalue weighted by atomic mass is 14.8. The van der Waals surface area contributed by atoms with Gasteiger partial charge in [-0.05, 0) is 61.7 Å². The molecule has 0 aliphatic carbocycles. The smallest absolute Gasteiger partial charge is 0.00519 e. The first-order chi connectivity index (χ1) is 8.83. The number of nitrogens with one attached hydrogen (secondary N) is 1. The normalized spacial score (nSPS) is 11.0. The Morgan fingerprint density at radius 2 is 1.67 bits per heavy atom. The van der Waals surface area contributed by atoms with Crippen molar-refractivity contribution in [3.8, 4) is 0 Å². The SMILES string of the molecule is CNCCCCCc1ccc(C)c2ccccc12. The zero-order valence-electron chi connectivity index (χ0n) is 11.5. The molecular formula is C17H23N.